The highest BCUT2D eigenvalue weighted by molar-refractivity contribution is 5.86. The summed E-state index contributed by atoms with van der Waals surface area (Å²) in [4.78, 5) is 25.4. The molecule has 0 aliphatic carbocycles. The molecule has 2 aliphatic rings. The van der Waals surface area contributed by atoms with E-state index in [2.05, 4.69) is 5.32 Å². The van der Waals surface area contributed by atoms with Gasteiger partial charge in [-0.1, -0.05) is 18.2 Å². The first-order valence-electron chi connectivity index (χ1n) is 7.94. The highest BCUT2D eigenvalue weighted by Crippen LogP contribution is 2.43. The number of aryl methyl sites for hydroxylation is 1. The topological polar surface area (TPSA) is 58.6 Å². The van der Waals surface area contributed by atoms with Crippen molar-refractivity contribution in [3.63, 3.8) is 0 Å². The molecule has 2 aliphatic heterocycles. The number of likely N-dealkylation sites (tertiary alicyclic amines) is 1. The van der Waals surface area contributed by atoms with E-state index < -0.39 is 30.2 Å². The first kappa shape index (κ1) is 16.7. The van der Waals surface area contributed by atoms with Crippen LogP contribution < -0.4 is 10.1 Å². The molecule has 0 radical (unpaired) electrons. The van der Waals surface area contributed by atoms with E-state index >= 15 is 0 Å². The minimum Gasteiger partial charge on any atom is -0.484 e. The number of alkyl halides is 2. The summed E-state index contributed by atoms with van der Waals surface area (Å²) in [6, 6.07) is 7.18. The number of amides is 2. The van der Waals surface area contributed by atoms with Crippen LogP contribution in [0.3, 0.4) is 0 Å². The SMILES string of the molecule is Cc1ccccc1OCC(=O)N1CC(F)(F)C[C@]2(CCNC2=O)C1. The second-order valence-electron chi connectivity index (χ2n) is 6.62. The number of benzene rings is 1. The van der Waals surface area contributed by atoms with E-state index in [0.717, 1.165) is 10.5 Å². The summed E-state index contributed by atoms with van der Waals surface area (Å²) < 4.78 is 33.7. The second-order valence-corrected chi connectivity index (χ2v) is 6.62. The van der Waals surface area contributed by atoms with E-state index in [9.17, 15) is 18.4 Å². The van der Waals surface area contributed by atoms with Crippen molar-refractivity contribution in [3.8, 4) is 5.75 Å². The van der Waals surface area contributed by atoms with Crippen LogP contribution in [-0.4, -0.2) is 48.9 Å². The fourth-order valence-corrected chi connectivity index (χ4v) is 3.47. The zero-order valence-corrected chi connectivity index (χ0v) is 13.5. The first-order chi connectivity index (χ1) is 11.3. The van der Waals surface area contributed by atoms with Crippen LogP contribution in [0.15, 0.2) is 24.3 Å². The standard InChI is InChI=1S/C17H20F2N2O3/c1-12-4-2-3-5-13(12)24-8-14(22)21-10-16(6-7-20-15(16)23)9-17(18,19)11-21/h2-5H,6-11H2,1H3,(H,20,23)/t16-/m1/s1. The molecule has 0 saturated carbocycles. The Kier molecular flexibility index (Phi) is 4.19. The van der Waals surface area contributed by atoms with Crippen molar-refractivity contribution in [1.29, 1.82) is 0 Å². The molecule has 130 valence electrons. The van der Waals surface area contributed by atoms with Gasteiger partial charge in [-0.2, -0.15) is 0 Å². The lowest BCUT2D eigenvalue weighted by molar-refractivity contribution is -0.161. The number of nitrogens with zero attached hydrogens (tertiary/aromatic N) is 1. The van der Waals surface area contributed by atoms with Crippen LogP contribution in [0.4, 0.5) is 8.78 Å². The van der Waals surface area contributed by atoms with Crippen LogP contribution in [-0.2, 0) is 9.59 Å². The number of para-hydroxylation sites is 1. The van der Waals surface area contributed by atoms with Crippen molar-refractivity contribution in [2.24, 2.45) is 5.41 Å². The minimum atomic E-state index is -3.07. The second kappa shape index (κ2) is 6.03. The van der Waals surface area contributed by atoms with Gasteiger partial charge in [0.1, 0.15) is 5.75 Å². The van der Waals surface area contributed by atoms with Gasteiger partial charge in [0.2, 0.25) is 5.91 Å². The zero-order valence-electron chi connectivity index (χ0n) is 13.5. The van der Waals surface area contributed by atoms with Crippen molar-refractivity contribution in [2.75, 3.05) is 26.2 Å². The van der Waals surface area contributed by atoms with Crippen molar-refractivity contribution in [2.45, 2.75) is 25.7 Å². The smallest absolute Gasteiger partial charge is 0.266 e. The minimum absolute atomic E-state index is 0.0182. The van der Waals surface area contributed by atoms with Gasteiger partial charge >= 0.3 is 0 Å². The van der Waals surface area contributed by atoms with Gasteiger partial charge in [0.25, 0.3) is 11.8 Å². The predicted molar refractivity (Wildman–Crippen MR) is 82.9 cm³/mol. The summed E-state index contributed by atoms with van der Waals surface area (Å²) in [5, 5.41) is 2.60. The van der Waals surface area contributed by atoms with Crippen molar-refractivity contribution < 1.29 is 23.1 Å². The number of rotatable bonds is 3. The van der Waals surface area contributed by atoms with Crippen molar-refractivity contribution in [3.05, 3.63) is 29.8 Å². The third kappa shape index (κ3) is 3.20. The van der Waals surface area contributed by atoms with Gasteiger partial charge in [0, 0.05) is 19.5 Å². The van der Waals surface area contributed by atoms with Crippen molar-refractivity contribution >= 4 is 11.8 Å². The Bertz CT molecular complexity index is 665. The Balaban J connectivity index is 1.70. The molecule has 2 heterocycles. The molecule has 5 nitrogen and oxygen atoms in total. The van der Waals surface area contributed by atoms with E-state index in [1.807, 2.05) is 19.1 Å². The third-order valence-corrected chi connectivity index (χ3v) is 4.68. The van der Waals surface area contributed by atoms with E-state index in [4.69, 9.17) is 4.74 Å². The molecule has 0 unspecified atom stereocenters. The number of piperidine rings is 1. The Morgan fingerprint density at radius 1 is 1.33 bits per heavy atom. The Labute approximate surface area is 139 Å². The van der Waals surface area contributed by atoms with E-state index in [1.165, 1.54) is 0 Å². The van der Waals surface area contributed by atoms with Crippen LogP contribution in [0.1, 0.15) is 18.4 Å². The molecule has 2 saturated heterocycles. The molecular weight excluding hydrogens is 318 g/mol. The average Bonchev–Trinajstić information content (AvgIpc) is 2.84. The number of ether oxygens (including phenoxy) is 1. The van der Waals surface area contributed by atoms with Gasteiger partial charge < -0.3 is 15.0 Å². The highest BCUT2D eigenvalue weighted by atomic mass is 19.3. The fraction of sp³-hybridized carbons (Fsp3) is 0.529. The molecule has 0 bridgehead atoms. The predicted octanol–water partition coefficient (Wildman–Crippen LogP) is 1.75. The van der Waals surface area contributed by atoms with Crippen LogP contribution in [0, 0.1) is 12.3 Å². The molecule has 24 heavy (non-hydrogen) atoms. The van der Waals surface area contributed by atoms with Crippen molar-refractivity contribution in [1.82, 2.24) is 10.2 Å². The van der Waals surface area contributed by atoms with Crippen LogP contribution in [0.5, 0.6) is 5.75 Å². The molecule has 1 aromatic rings. The highest BCUT2D eigenvalue weighted by Gasteiger charge is 2.55. The number of hydrogen-bond acceptors (Lipinski definition) is 3. The fourth-order valence-electron chi connectivity index (χ4n) is 3.47. The molecule has 1 atom stereocenters. The lowest BCUT2D eigenvalue weighted by atomic mass is 9.77. The normalized spacial score (nSPS) is 25.6. The molecule has 1 N–H and O–H groups in total. The number of carbonyl (C=O) groups excluding carboxylic acids is 2. The molecule has 1 spiro atoms. The molecule has 2 fully saturated rings. The summed E-state index contributed by atoms with van der Waals surface area (Å²) in [5.74, 6) is -3.45. The quantitative estimate of drug-likeness (QED) is 0.913. The third-order valence-electron chi connectivity index (χ3n) is 4.68. The number of hydrogen-bond donors (Lipinski definition) is 1. The molecule has 2 amide bonds. The van der Waals surface area contributed by atoms with E-state index in [0.29, 0.717) is 18.7 Å². The van der Waals surface area contributed by atoms with E-state index in [-0.39, 0.29) is 19.1 Å². The first-order valence-corrected chi connectivity index (χ1v) is 7.94. The Morgan fingerprint density at radius 2 is 2.08 bits per heavy atom. The Hall–Kier alpha value is -2.18. The summed E-state index contributed by atoms with van der Waals surface area (Å²) in [7, 11) is 0. The zero-order chi connectivity index (χ0) is 17.4. The number of carbonyl (C=O) groups is 2. The molecular formula is C17H20F2N2O3. The van der Waals surface area contributed by atoms with Gasteiger partial charge in [0.05, 0.1) is 12.0 Å². The molecule has 0 aromatic heterocycles. The maximum Gasteiger partial charge on any atom is 0.266 e. The number of nitrogens with one attached hydrogen (secondary N) is 1. The van der Waals surface area contributed by atoms with Gasteiger partial charge in [0.15, 0.2) is 6.61 Å². The lowest BCUT2D eigenvalue weighted by Crippen LogP contribution is -2.57. The van der Waals surface area contributed by atoms with Crippen LogP contribution in [0.2, 0.25) is 0 Å². The largest absolute Gasteiger partial charge is 0.484 e. The van der Waals surface area contributed by atoms with Gasteiger partial charge in [-0.15, -0.1) is 0 Å². The van der Waals surface area contributed by atoms with E-state index in [1.54, 1.807) is 12.1 Å². The Morgan fingerprint density at radius 3 is 2.75 bits per heavy atom. The molecule has 3 rings (SSSR count). The summed E-state index contributed by atoms with van der Waals surface area (Å²) in [5.41, 5.74) is -0.319. The maximum absolute atomic E-state index is 14.1. The lowest BCUT2D eigenvalue weighted by Gasteiger charge is -2.42. The van der Waals surface area contributed by atoms with Gasteiger partial charge in [-0.25, -0.2) is 8.78 Å². The maximum atomic E-state index is 14.1. The van der Waals surface area contributed by atoms with Gasteiger partial charge in [-0.3, -0.25) is 9.59 Å². The average molecular weight is 338 g/mol. The summed E-state index contributed by atoms with van der Waals surface area (Å²) >= 11 is 0. The van der Waals surface area contributed by atoms with Crippen LogP contribution in [0.25, 0.3) is 0 Å². The number of halogens is 2. The molecule has 7 heteroatoms. The summed E-state index contributed by atoms with van der Waals surface area (Å²) in [6.07, 6.45) is -0.182. The van der Waals surface area contributed by atoms with Crippen LogP contribution >= 0.6 is 0 Å². The summed E-state index contributed by atoms with van der Waals surface area (Å²) in [6.45, 7) is 1.24. The monoisotopic (exact) mass is 338 g/mol. The van der Waals surface area contributed by atoms with Gasteiger partial charge in [-0.05, 0) is 25.0 Å². The molecule has 1 aromatic carbocycles.